The second kappa shape index (κ2) is 9.21. The summed E-state index contributed by atoms with van der Waals surface area (Å²) in [4.78, 5) is 12.0. The highest BCUT2D eigenvalue weighted by Gasteiger charge is 2.13. The molecule has 0 aliphatic heterocycles. The quantitative estimate of drug-likeness (QED) is 0.734. The van der Waals surface area contributed by atoms with Gasteiger partial charge in [-0.05, 0) is 49.9 Å². The Kier molecular flexibility index (Phi) is 6.95. The monoisotopic (exact) mass is 331 g/mol. The average Bonchev–Trinajstić information content (AvgIpc) is 2.55. The third-order valence-electron chi connectivity index (χ3n) is 3.51. The van der Waals surface area contributed by atoms with Crippen molar-refractivity contribution in [3.8, 4) is 5.75 Å². The van der Waals surface area contributed by atoms with E-state index in [1.807, 2.05) is 18.2 Å². The minimum atomic E-state index is -0.539. The Labute approximate surface area is 142 Å². The molecule has 0 saturated carbocycles. The molecule has 0 heterocycles. The van der Waals surface area contributed by atoms with Crippen LogP contribution in [0.1, 0.15) is 25.3 Å². The van der Waals surface area contributed by atoms with E-state index in [1.54, 1.807) is 31.2 Å². The van der Waals surface area contributed by atoms with Crippen molar-refractivity contribution >= 4 is 17.5 Å². The van der Waals surface area contributed by atoms with E-state index in [9.17, 15) is 4.79 Å². The summed E-state index contributed by atoms with van der Waals surface area (Å²) >= 11 is 5.90. The Bertz CT molecular complexity index is 616. The molecule has 3 nitrogen and oxygen atoms in total. The zero-order valence-electron chi connectivity index (χ0n) is 13.3. The number of carbonyl (C=O) groups excluding carboxylic acids is 1. The average molecular weight is 332 g/mol. The summed E-state index contributed by atoms with van der Waals surface area (Å²) in [6.07, 6.45) is 2.49. The number of carbonyl (C=O) groups is 1. The largest absolute Gasteiger partial charge is 0.481 e. The van der Waals surface area contributed by atoms with E-state index in [1.165, 1.54) is 5.56 Å². The predicted octanol–water partition coefficient (Wildman–Crippen LogP) is 4.25. The van der Waals surface area contributed by atoms with Gasteiger partial charge in [-0.1, -0.05) is 48.0 Å². The molecule has 4 heteroatoms. The molecule has 0 unspecified atom stereocenters. The summed E-state index contributed by atoms with van der Waals surface area (Å²) in [6.45, 7) is 2.40. The molecule has 0 spiro atoms. The molecule has 122 valence electrons. The van der Waals surface area contributed by atoms with Crippen LogP contribution in [-0.4, -0.2) is 18.6 Å². The highest BCUT2D eigenvalue weighted by atomic mass is 35.5. The Balaban J connectivity index is 1.64. The zero-order valence-corrected chi connectivity index (χ0v) is 14.1. The highest BCUT2D eigenvalue weighted by molar-refractivity contribution is 6.30. The van der Waals surface area contributed by atoms with Gasteiger partial charge in [-0.2, -0.15) is 0 Å². The lowest BCUT2D eigenvalue weighted by Gasteiger charge is -2.14. The van der Waals surface area contributed by atoms with Crippen molar-refractivity contribution < 1.29 is 9.53 Å². The molecule has 2 aromatic rings. The minimum Gasteiger partial charge on any atom is -0.481 e. The number of rotatable bonds is 8. The molecule has 0 bridgehead atoms. The van der Waals surface area contributed by atoms with Crippen molar-refractivity contribution in [2.45, 2.75) is 32.3 Å². The molecule has 23 heavy (non-hydrogen) atoms. The van der Waals surface area contributed by atoms with E-state index in [-0.39, 0.29) is 5.91 Å². The van der Waals surface area contributed by atoms with Gasteiger partial charge in [0, 0.05) is 11.6 Å². The van der Waals surface area contributed by atoms with Crippen LogP contribution in [0.5, 0.6) is 5.75 Å². The Hall–Kier alpha value is -2.00. The fraction of sp³-hybridized carbons (Fsp3) is 0.316. The van der Waals surface area contributed by atoms with Crippen molar-refractivity contribution in [3.05, 3.63) is 65.2 Å². The number of amides is 1. The van der Waals surface area contributed by atoms with Gasteiger partial charge in [0.1, 0.15) is 5.75 Å². The molecule has 0 saturated heterocycles. The lowest BCUT2D eigenvalue weighted by atomic mass is 10.1. The minimum absolute atomic E-state index is 0.107. The summed E-state index contributed by atoms with van der Waals surface area (Å²) in [6, 6.07) is 17.4. The van der Waals surface area contributed by atoms with Gasteiger partial charge in [0.25, 0.3) is 5.91 Å². The van der Waals surface area contributed by atoms with Crippen molar-refractivity contribution in [2.24, 2.45) is 0 Å². The molecule has 2 rings (SSSR count). The van der Waals surface area contributed by atoms with Gasteiger partial charge in [0.15, 0.2) is 6.10 Å². The van der Waals surface area contributed by atoms with Crippen LogP contribution in [0.4, 0.5) is 0 Å². The van der Waals surface area contributed by atoms with E-state index in [0.717, 1.165) is 19.3 Å². The van der Waals surface area contributed by atoms with E-state index >= 15 is 0 Å². The van der Waals surface area contributed by atoms with E-state index < -0.39 is 6.10 Å². The van der Waals surface area contributed by atoms with Gasteiger partial charge in [-0.15, -0.1) is 0 Å². The van der Waals surface area contributed by atoms with Gasteiger partial charge in [-0.3, -0.25) is 4.79 Å². The summed E-state index contributed by atoms with van der Waals surface area (Å²) in [5.74, 6) is 0.494. The van der Waals surface area contributed by atoms with Crippen LogP contribution < -0.4 is 10.1 Å². The van der Waals surface area contributed by atoms with E-state index in [0.29, 0.717) is 17.3 Å². The molecular weight excluding hydrogens is 310 g/mol. The molecule has 0 aliphatic carbocycles. The fourth-order valence-electron chi connectivity index (χ4n) is 2.25. The van der Waals surface area contributed by atoms with Crippen LogP contribution in [0.25, 0.3) is 0 Å². The molecule has 1 N–H and O–H groups in total. The maximum atomic E-state index is 12.0. The van der Waals surface area contributed by atoms with Crippen molar-refractivity contribution in [1.82, 2.24) is 5.32 Å². The standard InChI is InChI=1S/C19H22ClNO2/c1-15(23-18-12-7-11-17(20)14-18)19(22)21-13-6-5-10-16-8-3-2-4-9-16/h2-4,7-9,11-12,14-15H,5-6,10,13H2,1H3,(H,21,22)/t15-/m0/s1. The van der Waals surface area contributed by atoms with Gasteiger partial charge in [-0.25, -0.2) is 0 Å². The van der Waals surface area contributed by atoms with Gasteiger partial charge in [0.05, 0.1) is 0 Å². The number of halogens is 1. The number of hydrogen-bond donors (Lipinski definition) is 1. The molecule has 0 fully saturated rings. The number of ether oxygens (including phenoxy) is 1. The molecule has 0 aromatic heterocycles. The predicted molar refractivity (Wildman–Crippen MR) is 93.9 cm³/mol. The van der Waals surface area contributed by atoms with Crippen molar-refractivity contribution in [1.29, 1.82) is 0 Å². The van der Waals surface area contributed by atoms with Crippen LogP contribution in [0.2, 0.25) is 5.02 Å². The number of aryl methyl sites for hydroxylation is 1. The third kappa shape index (κ3) is 6.33. The zero-order chi connectivity index (χ0) is 16.5. The van der Waals surface area contributed by atoms with E-state index in [4.69, 9.17) is 16.3 Å². The number of benzene rings is 2. The fourth-order valence-corrected chi connectivity index (χ4v) is 2.43. The first-order chi connectivity index (χ1) is 11.1. The SMILES string of the molecule is C[C@H](Oc1cccc(Cl)c1)C(=O)NCCCCc1ccccc1. The van der Waals surface area contributed by atoms with Crippen molar-refractivity contribution in [2.75, 3.05) is 6.54 Å². The number of unbranched alkanes of at least 4 members (excludes halogenated alkanes) is 1. The second-order valence-corrected chi connectivity index (χ2v) is 5.89. The Morgan fingerprint density at radius 1 is 1.13 bits per heavy atom. The van der Waals surface area contributed by atoms with Gasteiger partial charge >= 0.3 is 0 Å². The topological polar surface area (TPSA) is 38.3 Å². The Morgan fingerprint density at radius 2 is 1.91 bits per heavy atom. The first-order valence-corrected chi connectivity index (χ1v) is 8.27. The van der Waals surface area contributed by atoms with Crippen LogP contribution >= 0.6 is 11.6 Å². The lowest BCUT2D eigenvalue weighted by molar-refractivity contribution is -0.127. The number of nitrogens with one attached hydrogen (secondary N) is 1. The summed E-state index contributed by atoms with van der Waals surface area (Å²) in [5.41, 5.74) is 1.33. The van der Waals surface area contributed by atoms with Crippen LogP contribution in [-0.2, 0) is 11.2 Å². The third-order valence-corrected chi connectivity index (χ3v) is 3.75. The highest BCUT2D eigenvalue weighted by Crippen LogP contribution is 2.18. The van der Waals surface area contributed by atoms with Crippen LogP contribution in [0.3, 0.4) is 0 Å². The summed E-state index contributed by atoms with van der Waals surface area (Å²) < 4.78 is 5.59. The molecule has 0 radical (unpaired) electrons. The smallest absolute Gasteiger partial charge is 0.260 e. The molecular formula is C19H22ClNO2. The normalized spacial score (nSPS) is 11.7. The number of hydrogen-bond acceptors (Lipinski definition) is 2. The van der Waals surface area contributed by atoms with Gasteiger partial charge < -0.3 is 10.1 Å². The van der Waals surface area contributed by atoms with Crippen molar-refractivity contribution in [3.63, 3.8) is 0 Å². The lowest BCUT2D eigenvalue weighted by Crippen LogP contribution is -2.36. The first-order valence-electron chi connectivity index (χ1n) is 7.89. The maximum Gasteiger partial charge on any atom is 0.260 e. The molecule has 0 aliphatic rings. The molecule has 2 aromatic carbocycles. The first kappa shape index (κ1) is 17.4. The maximum absolute atomic E-state index is 12.0. The molecule has 1 amide bonds. The Morgan fingerprint density at radius 3 is 2.65 bits per heavy atom. The van der Waals surface area contributed by atoms with E-state index in [2.05, 4.69) is 17.4 Å². The van der Waals surface area contributed by atoms with Crippen LogP contribution in [0.15, 0.2) is 54.6 Å². The molecule has 1 atom stereocenters. The summed E-state index contributed by atoms with van der Waals surface area (Å²) in [5, 5.41) is 3.50. The van der Waals surface area contributed by atoms with Crippen LogP contribution in [0, 0.1) is 0 Å². The summed E-state index contributed by atoms with van der Waals surface area (Å²) in [7, 11) is 0. The van der Waals surface area contributed by atoms with Gasteiger partial charge in [0.2, 0.25) is 0 Å². The second-order valence-electron chi connectivity index (χ2n) is 5.45.